The highest BCUT2D eigenvalue weighted by molar-refractivity contribution is 7.89. The maximum Gasteiger partial charge on any atom is 0.350 e. The molecule has 0 aromatic carbocycles. The minimum Gasteiger partial charge on any atom is -0.395 e. The van der Waals surface area contributed by atoms with Gasteiger partial charge in [0.15, 0.2) is 0 Å². The van der Waals surface area contributed by atoms with E-state index in [0.717, 1.165) is 0 Å². The van der Waals surface area contributed by atoms with Crippen LogP contribution < -0.4 is 0 Å². The molecule has 0 aromatic heterocycles. The number of rotatable bonds is 3. The third kappa shape index (κ3) is 1.97. The third-order valence-electron chi connectivity index (χ3n) is 2.09. The zero-order chi connectivity index (χ0) is 10.1. The lowest BCUT2D eigenvalue weighted by atomic mass is 10.2. The van der Waals surface area contributed by atoms with Crippen LogP contribution in [-0.2, 0) is 10.0 Å². The Kier molecular flexibility index (Phi) is 3.20. The highest BCUT2D eigenvalue weighted by atomic mass is 32.2. The summed E-state index contributed by atoms with van der Waals surface area (Å²) in [6.07, 6.45) is 0.972. The average Bonchev–Trinajstić information content (AvgIpc) is 2.51. The summed E-state index contributed by atoms with van der Waals surface area (Å²) < 4.78 is 46.8. The molecule has 0 amide bonds. The molecule has 0 bridgehead atoms. The monoisotopic (exact) mass is 215 g/mol. The van der Waals surface area contributed by atoms with Gasteiger partial charge in [-0.05, 0) is 12.8 Å². The van der Waals surface area contributed by atoms with Gasteiger partial charge in [-0.2, -0.15) is 13.1 Å². The summed E-state index contributed by atoms with van der Waals surface area (Å²) in [5, 5.41) is 8.73. The second kappa shape index (κ2) is 3.85. The summed E-state index contributed by atoms with van der Waals surface area (Å²) >= 11 is 0. The van der Waals surface area contributed by atoms with Crippen LogP contribution >= 0.6 is 0 Å². The van der Waals surface area contributed by atoms with Gasteiger partial charge >= 0.3 is 5.76 Å². The van der Waals surface area contributed by atoms with Crippen molar-refractivity contribution in [2.75, 3.05) is 13.2 Å². The largest absolute Gasteiger partial charge is 0.395 e. The quantitative estimate of drug-likeness (QED) is 0.720. The van der Waals surface area contributed by atoms with Gasteiger partial charge in [-0.1, -0.05) is 0 Å². The Balaban J connectivity index is 2.82. The van der Waals surface area contributed by atoms with Gasteiger partial charge in [-0.25, -0.2) is 8.42 Å². The van der Waals surface area contributed by atoms with Crippen molar-refractivity contribution < 1.29 is 22.3 Å². The van der Waals surface area contributed by atoms with Gasteiger partial charge in [0.05, 0.1) is 6.61 Å². The molecule has 4 nitrogen and oxygen atoms in total. The van der Waals surface area contributed by atoms with Crippen LogP contribution in [0.4, 0.5) is 8.78 Å². The Hall–Kier alpha value is -0.270. The normalized spacial score (nSPS) is 25.7. The molecule has 1 rings (SSSR count). The van der Waals surface area contributed by atoms with E-state index in [-0.39, 0.29) is 6.54 Å². The first-order chi connectivity index (χ1) is 6.00. The predicted octanol–water partition coefficient (Wildman–Crippen LogP) is -0.00450. The predicted molar refractivity (Wildman–Crippen MR) is 41.7 cm³/mol. The minimum atomic E-state index is -4.50. The van der Waals surface area contributed by atoms with Crippen LogP contribution in [0.1, 0.15) is 12.8 Å². The number of hydrogen-bond donors (Lipinski definition) is 1. The van der Waals surface area contributed by atoms with Crippen LogP contribution in [0.15, 0.2) is 0 Å². The third-order valence-corrected chi connectivity index (χ3v) is 3.67. The van der Waals surface area contributed by atoms with Gasteiger partial charge < -0.3 is 5.11 Å². The van der Waals surface area contributed by atoms with Gasteiger partial charge in [-0.3, -0.25) is 0 Å². The van der Waals surface area contributed by atoms with Crippen molar-refractivity contribution in [2.24, 2.45) is 0 Å². The van der Waals surface area contributed by atoms with Gasteiger partial charge in [0.2, 0.25) is 0 Å². The molecule has 1 N–H and O–H groups in total. The number of halogens is 2. The number of aliphatic hydroxyl groups is 1. The molecule has 1 aliphatic heterocycles. The van der Waals surface area contributed by atoms with Gasteiger partial charge in [0.25, 0.3) is 10.0 Å². The van der Waals surface area contributed by atoms with E-state index < -0.39 is 28.4 Å². The first-order valence-corrected chi connectivity index (χ1v) is 5.40. The van der Waals surface area contributed by atoms with Crippen LogP contribution in [0.2, 0.25) is 0 Å². The Morgan fingerprint density at radius 2 is 2.15 bits per heavy atom. The molecule has 0 aromatic rings. The van der Waals surface area contributed by atoms with E-state index in [4.69, 9.17) is 5.11 Å². The summed E-state index contributed by atoms with van der Waals surface area (Å²) in [6.45, 7) is -0.316. The van der Waals surface area contributed by atoms with E-state index >= 15 is 0 Å². The van der Waals surface area contributed by atoms with Crippen molar-refractivity contribution in [3.05, 3.63) is 0 Å². The maximum atomic E-state index is 12.1. The van der Waals surface area contributed by atoms with Crippen molar-refractivity contribution >= 4 is 10.0 Å². The smallest absolute Gasteiger partial charge is 0.350 e. The molecule has 7 heteroatoms. The molecule has 1 unspecified atom stereocenters. The first kappa shape index (κ1) is 10.8. The molecule has 13 heavy (non-hydrogen) atoms. The highest BCUT2D eigenvalue weighted by Gasteiger charge is 2.39. The number of alkyl halides is 2. The Labute approximate surface area is 75.2 Å². The van der Waals surface area contributed by atoms with Crippen molar-refractivity contribution in [1.82, 2.24) is 4.31 Å². The molecule has 0 aliphatic carbocycles. The summed E-state index contributed by atoms with van der Waals surface area (Å²) in [5.74, 6) is -3.39. The lowest BCUT2D eigenvalue weighted by Gasteiger charge is -2.21. The maximum absolute atomic E-state index is 12.1. The van der Waals surface area contributed by atoms with Crippen molar-refractivity contribution in [3.8, 4) is 0 Å². The molecule has 1 saturated heterocycles. The van der Waals surface area contributed by atoms with Crippen molar-refractivity contribution in [3.63, 3.8) is 0 Å². The van der Waals surface area contributed by atoms with E-state index in [1.54, 1.807) is 0 Å². The van der Waals surface area contributed by atoms with E-state index in [1.807, 2.05) is 0 Å². The molecular formula is C6H11F2NO3S. The number of hydrogen-bond acceptors (Lipinski definition) is 3. The number of nitrogens with zero attached hydrogens (tertiary/aromatic N) is 1. The Morgan fingerprint density at radius 1 is 1.54 bits per heavy atom. The molecule has 0 spiro atoms. The van der Waals surface area contributed by atoms with E-state index in [2.05, 4.69) is 0 Å². The van der Waals surface area contributed by atoms with Gasteiger partial charge in [0, 0.05) is 12.6 Å². The first-order valence-electron chi connectivity index (χ1n) is 3.90. The lowest BCUT2D eigenvalue weighted by molar-refractivity contribution is 0.188. The van der Waals surface area contributed by atoms with Gasteiger partial charge in [0.1, 0.15) is 0 Å². The van der Waals surface area contributed by atoms with Crippen LogP contribution in [0, 0.1) is 0 Å². The topological polar surface area (TPSA) is 57.6 Å². The van der Waals surface area contributed by atoms with Crippen LogP contribution in [0.5, 0.6) is 0 Å². The zero-order valence-corrected chi connectivity index (χ0v) is 7.67. The fourth-order valence-corrected chi connectivity index (χ4v) is 2.60. The second-order valence-electron chi connectivity index (χ2n) is 2.89. The molecule has 78 valence electrons. The fraction of sp³-hybridized carbons (Fsp3) is 1.00. The summed E-state index contributed by atoms with van der Waals surface area (Å²) in [4.78, 5) is 0. The average molecular weight is 215 g/mol. The summed E-state index contributed by atoms with van der Waals surface area (Å²) in [7, 11) is -4.50. The van der Waals surface area contributed by atoms with Crippen molar-refractivity contribution in [2.45, 2.75) is 24.6 Å². The summed E-state index contributed by atoms with van der Waals surface area (Å²) in [5.41, 5.74) is 0. The molecule has 1 fully saturated rings. The Bertz CT molecular complexity index is 267. The second-order valence-corrected chi connectivity index (χ2v) is 4.75. The van der Waals surface area contributed by atoms with Crippen LogP contribution in [-0.4, -0.2) is 42.8 Å². The molecule has 1 heterocycles. The summed E-state index contributed by atoms with van der Waals surface area (Å²) in [6, 6.07) is -0.668. The van der Waals surface area contributed by atoms with Crippen LogP contribution in [0.3, 0.4) is 0 Å². The molecular weight excluding hydrogens is 204 g/mol. The SMILES string of the molecule is O=S(=O)(C(F)F)N1CCCC1CO. The molecule has 1 aliphatic rings. The van der Waals surface area contributed by atoms with E-state index in [0.29, 0.717) is 17.1 Å². The minimum absolute atomic E-state index is 0.0813. The molecule has 0 radical (unpaired) electrons. The number of sulfonamides is 1. The van der Waals surface area contributed by atoms with Crippen LogP contribution in [0.25, 0.3) is 0 Å². The molecule has 1 atom stereocenters. The lowest BCUT2D eigenvalue weighted by Crippen LogP contribution is -2.40. The number of aliphatic hydroxyl groups excluding tert-OH is 1. The zero-order valence-electron chi connectivity index (χ0n) is 6.86. The molecule has 0 saturated carbocycles. The fourth-order valence-electron chi connectivity index (χ4n) is 1.43. The Morgan fingerprint density at radius 3 is 2.62 bits per heavy atom. The van der Waals surface area contributed by atoms with E-state index in [1.165, 1.54) is 0 Å². The van der Waals surface area contributed by atoms with Crippen molar-refractivity contribution in [1.29, 1.82) is 0 Å². The van der Waals surface area contributed by atoms with E-state index in [9.17, 15) is 17.2 Å². The van der Waals surface area contributed by atoms with Gasteiger partial charge in [-0.15, -0.1) is 0 Å². The standard InChI is InChI=1S/C6H11F2NO3S/c7-6(8)13(11,12)9-3-1-2-5(9)4-10/h5-6,10H,1-4H2. The highest BCUT2D eigenvalue weighted by Crippen LogP contribution is 2.23.